The van der Waals surface area contributed by atoms with Crippen molar-refractivity contribution in [2.24, 2.45) is 5.73 Å². The first-order chi connectivity index (χ1) is 7.06. The largest absolute Gasteiger partial charge is 0.390 e. The van der Waals surface area contributed by atoms with Crippen molar-refractivity contribution in [2.45, 2.75) is 18.6 Å². The van der Waals surface area contributed by atoms with Gasteiger partial charge in [-0.15, -0.1) is 0 Å². The van der Waals surface area contributed by atoms with Crippen LogP contribution in [-0.4, -0.2) is 22.9 Å². The molecule has 84 valence electrons. The predicted molar refractivity (Wildman–Crippen MR) is 56.0 cm³/mol. The molecule has 1 aromatic rings. The molecule has 0 aliphatic carbocycles. The van der Waals surface area contributed by atoms with Crippen molar-refractivity contribution < 1.29 is 14.6 Å². The zero-order valence-electron chi connectivity index (χ0n) is 8.03. The van der Waals surface area contributed by atoms with Gasteiger partial charge in [-0.1, -0.05) is 17.7 Å². The van der Waals surface area contributed by atoms with E-state index in [-0.39, 0.29) is 18.0 Å². The second-order valence-electron chi connectivity index (χ2n) is 3.26. The molecule has 0 fully saturated rings. The van der Waals surface area contributed by atoms with Crippen molar-refractivity contribution >= 4 is 11.6 Å². The summed E-state index contributed by atoms with van der Waals surface area (Å²) in [5.41, 5.74) is 5.55. The normalized spacial score (nSPS) is 15.0. The second-order valence-corrected chi connectivity index (χ2v) is 3.66. The summed E-state index contributed by atoms with van der Waals surface area (Å²) < 4.78 is 12.7. The Bertz CT molecular complexity index is 335. The molecule has 2 atom stereocenters. The highest BCUT2D eigenvalue weighted by Crippen LogP contribution is 2.26. The Kier molecular flexibility index (Phi) is 4.47. The summed E-state index contributed by atoms with van der Waals surface area (Å²) in [6.45, 7) is 0.261. The summed E-state index contributed by atoms with van der Waals surface area (Å²) in [6, 6.07) is 3.62. The fraction of sp³-hybridized carbons (Fsp3) is 0.400. The molecule has 0 spiro atoms. The molecule has 5 heteroatoms. The number of hydrogen-bond acceptors (Lipinski definition) is 3. The van der Waals surface area contributed by atoms with Crippen LogP contribution in [0.2, 0.25) is 5.02 Å². The molecule has 4 N–H and O–H groups in total. The predicted octanol–water partition coefficient (Wildman–Crippen LogP) is 1.22. The summed E-state index contributed by atoms with van der Waals surface area (Å²) in [5, 5.41) is 19.3. The van der Waals surface area contributed by atoms with Crippen LogP contribution in [-0.2, 0) is 0 Å². The van der Waals surface area contributed by atoms with Crippen molar-refractivity contribution in [1.82, 2.24) is 0 Å². The summed E-state index contributed by atoms with van der Waals surface area (Å²) >= 11 is 5.73. The van der Waals surface area contributed by atoms with Crippen molar-refractivity contribution in [3.05, 3.63) is 34.6 Å². The number of rotatable bonds is 4. The Labute approximate surface area is 92.3 Å². The number of hydrogen-bond donors (Lipinski definition) is 3. The van der Waals surface area contributed by atoms with Gasteiger partial charge in [-0.25, -0.2) is 4.39 Å². The summed E-state index contributed by atoms with van der Waals surface area (Å²) in [5.74, 6) is -0.482. The van der Waals surface area contributed by atoms with Gasteiger partial charge in [0, 0.05) is 10.6 Å². The third-order valence-electron chi connectivity index (χ3n) is 2.11. The standard InChI is InChI=1S/C10H13ClFNO2/c11-8-5-6(12)1-2-7(8)10(15)9(14)3-4-13/h1-2,5,9-10,14-15H,3-4,13H2. The molecule has 0 amide bonds. The zero-order valence-corrected chi connectivity index (χ0v) is 8.78. The zero-order chi connectivity index (χ0) is 11.4. The summed E-state index contributed by atoms with van der Waals surface area (Å²) in [7, 11) is 0. The molecule has 0 saturated heterocycles. The minimum Gasteiger partial charge on any atom is -0.390 e. The quantitative estimate of drug-likeness (QED) is 0.733. The van der Waals surface area contributed by atoms with Crippen LogP contribution in [0, 0.1) is 5.82 Å². The van der Waals surface area contributed by atoms with Gasteiger partial charge < -0.3 is 15.9 Å². The van der Waals surface area contributed by atoms with E-state index in [4.69, 9.17) is 17.3 Å². The van der Waals surface area contributed by atoms with Crippen LogP contribution >= 0.6 is 11.6 Å². The van der Waals surface area contributed by atoms with E-state index in [0.29, 0.717) is 5.56 Å². The van der Waals surface area contributed by atoms with E-state index >= 15 is 0 Å². The Morgan fingerprint density at radius 2 is 2.07 bits per heavy atom. The third kappa shape index (κ3) is 3.14. The van der Waals surface area contributed by atoms with Gasteiger partial charge in [0.2, 0.25) is 0 Å². The maximum Gasteiger partial charge on any atom is 0.124 e. The van der Waals surface area contributed by atoms with Crippen LogP contribution in [0.1, 0.15) is 18.1 Å². The molecule has 3 nitrogen and oxygen atoms in total. The molecular formula is C10H13ClFNO2. The highest BCUT2D eigenvalue weighted by molar-refractivity contribution is 6.31. The van der Waals surface area contributed by atoms with E-state index in [1.165, 1.54) is 12.1 Å². The molecule has 0 aliphatic heterocycles. The Morgan fingerprint density at radius 3 is 2.60 bits per heavy atom. The lowest BCUT2D eigenvalue weighted by molar-refractivity contribution is 0.0150. The molecule has 15 heavy (non-hydrogen) atoms. The van der Waals surface area contributed by atoms with Crippen LogP contribution in [0.4, 0.5) is 4.39 Å². The molecule has 1 rings (SSSR count). The lowest BCUT2D eigenvalue weighted by atomic mass is 10.0. The Hall–Kier alpha value is -0.680. The lowest BCUT2D eigenvalue weighted by Crippen LogP contribution is -2.22. The van der Waals surface area contributed by atoms with Gasteiger partial charge in [-0.3, -0.25) is 0 Å². The Balaban J connectivity index is 2.86. The molecule has 0 aromatic heterocycles. The highest BCUT2D eigenvalue weighted by atomic mass is 35.5. The van der Waals surface area contributed by atoms with Crippen molar-refractivity contribution in [3.8, 4) is 0 Å². The van der Waals surface area contributed by atoms with Crippen LogP contribution < -0.4 is 5.73 Å². The molecule has 2 unspecified atom stereocenters. The highest BCUT2D eigenvalue weighted by Gasteiger charge is 2.20. The van der Waals surface area contributed by atoms with Gasteiger partial charge in [-0.2, -0.15) is 0 Å². The van der Waals surface area contributed by atoms with E-state index in [1.54, 1.807) is 0 Å². The maximum absolute atomic E-state index is 12.7. The molecular weight excluding hydrogens is 221 g/mol. The average Bonchev–Trinajstić information content (AvgIpc) is 2.17. The van der Waals surface area contributed by atoms with Crippen LogP contribution in [0.3, 0.4) is 0 Å². The number of aliphatic hydroxyl groups excluding tert-OH is 2. The first kappa shape index (κ1) is 12.4. The number of benzene rings is 1. The summed E-state index contributed by atoms with van der Waals surface area (Å²) in [6.07, 6.45) is -1.87. The van der Waals surface area contributed by atoms with E-state index in [9.17, 15) is 14.6 Å². The first-order valence-corrected chi connectivity index (χ1v) is 4.95. The van der Waals surface area contributed by atoms with Gasteiger partial charge in [0.25, 0.3) is 0 Å². The van der Waals surface area contributed by atoms with Crippen molar-refractivity contribution in [2.75, 3.05) is 6.54 Å². The second kappa shape index (κ2) is 5.42. The van der Waals surface area contributed by atoms with Crippen LogP contribution in [0.15, 0.2) is 18.2 Å². The first-order valence-electron chi connectivity index (χ1n) is 4.57. The lowest BCUT2D eigenvalue weighted by Gasteiger charge is -2.18. The molecule has 0 heterocycles. The van der Waals surface area contributed by atoms with Gasteiger partial charge in [0.15, 0.2) is 0 Å². The van der Waals surface area contributed by atoms with Crippen molar-refractivity contribution in [1.29, 1.82) is 0 Å². The summed E-state index contributed by atoms with van der Waals surface area (Å²) in [4.78, 5) is 0. The van der Waals surface area contributed by atoms with Crippen LogP contribution in [0.25, 0.3) is 0 Å². The monoisotopic (exact) mass is 233 g/mol. The van der Waals surface area contributed by atoms with E-state index in [2.05, 4.69) is 0 Å². The molecule has 0 saturated carbocycles. The number of nitrogens with two attached hydrogens (primary N) is 1. The van der Waals surface area contributed by atoms with Crippen molar-refractivity contribution in [3.63, 3.8) is 0 Å². The van der Waals surface area contributed by atoms with Crippen LogP contribution in [0.5, 0.6) is 0 Å². The fourth-order valence-electron chi connectivity index (χ4n) is 1.28. The average molecular weight is 234 g/mol. The maximum atomic E-state index is 12.7. The van der Waals surface area contributed by atoms with Gasteiger partial charge in [0.1, 0.15) is 11.9 Å². The van der Waals surface area contributed by atoms with Gasteiger partial charge >= 0.3 is 0 Å². The smallest absolute Gasteiger partial charge is 0.124 e. The van der Waals surface area contributed by atoms with E-state index < -0.39 is 18.0 Å². The topological polar surface area (TPSA) is 66.5 Å². The van der Waals surface area contributed by atoms with Gasteiger partial charge in [-0.05, 0) is 25.1 Å². The number of aliphatic hydroxyl groups is 2. The minimum atomic E-state index is -1.14. The molecule has 0 bridgehead atoms. The Morgan fingerprint density at radius 1 is 1.40 bits per heavy atom. The molecule has 0 radical (unpaired) electrons. The third-order valence-corrected chi connectivity index (χ3v) is 2.44. The van der Waals surface area contributed by atoms with Gasteiger partial charge in [0.05, 0.1) is 6.10 Å². The number of halogens is 2. The minimum absolute atomic E-state index is 0.0959. The molecule has 1 aromatic carbocycles. The van der Waals surface area contributed by atoms with E-state index in [0.717, 1.165) is 6.07 Å². The fourth-order valence-corrected chi connectivity index (χ4v) is 1.56. The van der Waals surface area contributed by atoms with E-state index in [1.807, 2.05) is 0 Å². The molecule has 0 aliphatic rings. The SMILES string of the molecule is NCCC(O)C(O)c1ccc(F)cc1Cl.